The fourth-order valence-electron chi connectivity index (χ4n) is 3.70. The molecule has 0 atom stereocenters. The number of carbonyl (C=O) groups is 1. The van der Waals surface area contributed by atoms with Crippen LogP contribution >= 0.6 is 0 Å². The van der Waals surface area contributed by atoms with Crippen molar-refractivity contribution in [3.05, 3.63) is 114 Å². The van der Waals surface area contributed by atoms with E-state index in [-0.39, 0.29) is 21.2 Å². The van der Waals surface area contributed by atoms with Gasteiger partial charge in [0.05, 0.1) is 15.5 Å². The summed E-state index contributed by atoms with van der Waals surface area (Å²) in [7, 11) is -8.02. The van der Waals surface area contributed by atoms with Crippen LogP contribution in [0.3, 0.4) is 0 Å². The van der Waals surface area contributed by atoms with Crippen molar-refractivity contribution in [1.82, 2.24) is 0 Å². The average molecular weight is 568 g/mol. The first kappa shape index (κ1) is 27.8. The van der Waals surface area contributed by atoms with E-state index in [0.717, 1.165) is 27.6 Å². The number of benzene rings is 4. The molecular formula is C28H26FN3O5S2. The van der Waals surface area contributed by atoms with Crippen molar-refractivity contribution in [3.8, 4) is 0 Å². The average Bonchev–Trinajstić information content (AvgIpc) is 2.91. The van der Waals surface area contributed by atoms with Gasteiger partial charge in [0.25, 0.3) is 20.0 Å². The zero-order valence-corrected chi connectivity index (χ0v) is 22.8. The lowest BCUT2D eigenvalue weighted by Crippen LogP contribution is -2.38. The van der Waals surface area contributed by atoms with Crippen LogP contribution in [0.25, 0.3) is 0 Å². The van der Waals surface area contributed by atoms with E-state index in [2.05, 4.69) is 10.0 Å². The number of nitrogens with one attached hydrogen (secondary N) is 2. The molecule has 4 aromatic carbocycles. The zero-order chi connectivity index (χ0) is 28.2. The minimum absolute atomic E-state index is 0.0410. The maximum absolute atomic E-state index is 13.5. The highest BCUT2D eigenvalue weighted by atomic mass is 32.2. The Kier molecular flexibility index (Phi) is 8.03. The summed E-state index contributed by atoms with van der Waals surface area (Å²) in [6.45, 7) is 3.25. The van der Waals surface area contributed by atoms with Gasteiger partial charge in [0.2, 0.25) is 5.91 Å². The van der Waals surface area contributed by atoms with Gasteiger partial charge in [-0.1, -0.05) is 24.3 Å². The second-order valence-electron chi connectivity index (χ2n) is 8.78. The van der Waals surface area contributed by atoms with Crippen LogP contribution in [0.5, 0.6) is 0 Å². The molecule has 0 aliphatic heterocycles. The van der Waals surface area contributed by atoms with Gasteiger partial charge in [0.1, 0.15) is 12.4 Å². The Bertz CT molecular complexity index is 1690. The second kappa shape index (κ2) is 11.3. The lowest BCUT2D eigenvalue weighted by Gasteiger charge is -2.25. The first-order valence-corrected chi connectivity index (χ1v) is 14.7. The molecule has 0 aliphatic rings. The summed E-state index contributed by atoms with van der Waals surface area (Å²) in [5.74, 6) is -1.11. The number of rotatable bonds is 9. The molecule has 8 nitrogen and oxygen atoms in total. The summed E-state index contributed by atoms with van der Waals surface area (Å²) in [5, 5.41) is 2.62. The quantitative estimate of drug-likeness (QED) is 0.293. The standard InChI is InChI=1S/C28H26FN3O5S2/c1-20-8-15-25(18-21(20)2)32(39(36,37)27-6-4-3-5-7-27)19-28(33)30-23-13-16-26(17-14-23)38(34,35)31-24-11-9-22(29)10-12-24/h3-18,31H,19H2,1-2H3,(H,30,33). The zero-order valence-electron chi connectivity index (χ0n) is 21.1. The Labute approximate surface area is 227 Å². The molecule has 2 N–H and O–H groups in total. The first-order chi connectivity index (χ1) is 18.5. The Hall–Kier alpha value is -4.22. The number of nitrogens with zero attached hydrogens (tertiary/aromatic N) is 1. The molecule has 0 saturated heterocycles. The monoisotopic (exact) mass is 567 g/mol. The van der Waals surface area contributed by atoms with Gasteiger partial charge >= 0.3 is 0 Å². The molecule has 1 amide bonds. The summed E-state index contributed by atoms with van der Waals surface area (Å²) in [6.07, 6.45) is 0. The molecule has 0 aromatic heterocycles. The van der Waals surface area contributed by atoms with E-state index in [1.54, 1.807) is 36.4 Å². The minimum Gasteiger partial charge on any atom is -0.325 e. The molecule has 0 radical (unpaired) electrons. The molecule has 4 rings (SSSR count). The van der Waals surface area contributed by atoms with Crippen LogP contribution in [0.4, 0.5) is 21.5 Å². The Morgan fingerprint density at radius 1 is 0.744 bits per heavy atom. The molecule has 0 fully saturated rings. The van der Waals surface area contributed by atoms with E-state index in [1.807, 2.05) is 13.8 Å². The smallest absolute Gasteiger partial charge is 0.264 e. The molecule has 202 valence electrons. The topological polar surface area (TPSA) is 113 Å². The molecule has 0 spiro atoms. The third-order valence-electron chi connectivity index (χ3n) is 5.94. The molecule has 4 aromatic rings. The molecule has 0 unspecified atom stereocenters. The molecule has 0 heterocycles. The van der Waals surface area contributed by atoms with Gasteiger partial charge in [-0.25, -0.2) is 21.2 Å². The minimum atomic E-state index is -4.07. The van der Waals surface area contributed by atoms with Crippen LogP contribution in [-0.2, 0) is 24.8 Å². The van der Waals surface area contributed by atoms with Crippen molar-refractivity contribution in [2.24, 2.45) is 0 Å². The maximum Gasteiger partial charge on any atom is 0.264 e. The molecule has 0 saturated carbocycles. The number of aryl methyl sites for hydroxylation is 2. The van der Waals surface area contributed by atoms with Crippen LogP contribution in [-0.4, -0.2) is 29.3 Å². The number of halogens is 1. The van der Waals surface area contributed by atoms with Crippen molar-refractivity contribution in [2.75, 3.05) is 20.9 Å². The fraction of sp³-hybridized carbons (Fsp3) is 0.107. The van der Waals surface area contributed by atoms with E-state index in [1.165, 1.54) is 48.5 Å². The van der Waals surface area contributed by atoms with Crippen LogP contribution in [0, 0.1) is 19.7 Å². The largest absolute Gasteiger partial charge is 0.325 e. The molecular weight excluding hydrogens is 541 g/mol. The number of anilines is 3. The summed E-state index contributed by atoms with van der Waals surface area (Å²) >= 11 is 0. The Morgan fingerprint density at radius 2 is 1.36 bits per heavy atom. The number of hydrogen-bond donors (Lipinski definition) is 2. The highest BCUT2D eigenvalue weighted by Gasteiger charge is 2.27. The first-order valence-electron chi connectivity index (χ1n) is 11.8. The predicted molar refractivity (Wildman–Crippen MR) is 149 cm³/mol. The SMILES string of the molecule is Cc1ccc(N(CC(=O)Nc2ccc(S(=O)(=O)Nc3ccc(F)cc3)cc2)S(=O)(=O)c2ccccc2)cc1C. The van der Waals surface area contributed by atoms with Crippen molar-refractivity contribution in [2.45, 2.75) is 23.6 Å². The van der Waals surface area contributed by atoms with Crippen LogP contribution in [0.1, 0.15) is 11.1 Å². The Balaban J connectivity index is 1.53. The highest BCUT2D eigenvalue weighted by molar-refractivity contribution is 7.93. The summed E-state index contributed by atoms with van der Waals surface area (Å²) in [6, 6.07) is 23.2. The van der Waals surface area contributed by atoms with E-state index in [4.69, 9.17) is 0 Å². The molecule has 11 heteroatoms. The van der Waals surface area contributed by atoms with Gasteiger partial charge in [-0.05, 0) is 97.8 Å². The maximum atomic E-state index is 13.5. The number of amides is 1. The van der Waals surface area contributed by atoms with E-state index >= 15 is 0 Å². The van der Waals surface area contributed by atoms with Gasteiger partial charge in [0.15, 0.2) is 0 Å². The van der Waals surface area contributed by atoms with Gasteiger partial charge in [-0.2, -0.15) is 0 Å². The van der Waals surface area contributed by atoms with E-state index in [9.17, 15) is 26.0 Å². The summed E-state index contributed by atoms with van der Waals surface area (Å²) in [5.41, 5.74) is 2.65. The van der Waals surface area contributed by atoms with Crippen LogP contribution in [0.15, 0.2) is 107 Å². The number of sulfonamides is 2. The summed E-state index contributed by atoms with van der Waals surface area (Å²) < 4.78 is 68.8. The number of hydrogen-bond acceptors (Lipinski definition) is 5. The second-order valence-corrected chi connectivity index (χ2v) is 12.3. The molecule has 0 bridgehead atoms. The third-order valence-corrected chi connectivity index (χ3v) is 9.13. The highest BCUT2D eigenvalue weighted by Crippen LogP contribution is 2.26. The van der Waals surface area contributed by atoms with Gasteiger partial charge < -0.3 is 5.32 Å². The van der Waals surface area contributed by atoms with Crippen molar-refractivity contribution >= 4 is 43.0 Å². The number of carbonyl (C=O) groups excluding carboxylic acids is 1. The van der Waals surface area contributed by atoms with Gasteiger partial charge in [-0.15, -0.1) is 0 Å². The van der Waals surface area contributed by atoms with Crippen molar-refractivity contribution in [1.29, 1.82) is 0 Å². The molecule has 39 heavy (non-hydrogen) atoms. The lowest BCUT2D eigenvalue weighted by molar-refractivity contribution is -0.114. The van der Waals surface area contributed by atoms with Gasteiger partial charge in [-0.3, -0.25) is 13.8 Å². The van der Waals surface area contributed by atoms with Crippen molar-refractivity contribution in [3.63, 3.8) is 0 Å². The summed E-state index contributed by atoms with van der Waals surface area (Å²) in [4.78, 5) is 13.0. The van der Waals surface area contributed by atoms with E-state index in [0.29, 0.717) is 5.69 Å². The molecule has 0 aliphatic carbocycles. The van der Waals surface area contributed by atoms with Crippen LogP contribution < -0.4 is 14.3 Å². The van der Waals surface area contributed by atoms with E-state index < -0.39 is 38.3 Å². The third kappa shape index (κ3) is 6.62. The van der Waals surface area contributed by atoms with Gasteiger partial charge in [0, 0.05) is 11.4 Å². The normalized spacial score (nSPS) is 11.6. The fourth-order valence-corrected chi connectivity index (χ4v) is 6.19. The van der Waals surface area contributed by atoms with Crippen LogP contribution in [0.2, 0.25) is 0 Å². The predicted octanol–water partition coefficient (Wildman–Crippen LogP) is 5.08. The Morgan fingerprint density at radius 3 is 1.97 bits per heavy atom. The van der Waals surface area contributed by atoms with Crippen molar-refractivity contribution < 1.29 is 26.0 Å². The lowest BCUT2D eigenvalue weighted by atomic mass is 10.1.